The highest BCUT2D eigenvalue weighted by Gasteiger charge is 2.36. The third-order valence-corrected chi connectivity index (χ3v) is 5.07. The lowest BCUT2D eigenvalue weighted by Crippen LogP contribution is -2.45. The number of hydrogen-bond acceptors (Lipinski definition) is 4. The number of carboxylic acid groups (broad SMARTS) is 1. The van der Waals surface area contributed by atoms with Gasteiger partial charge in [0.1, 0.15) is 0 Å². The van der Waals surface area contributed by atoms with Gasteiger partial charge in [-0.1, -0.05) is 0 Å². The molecule has 3 rings (SSSR count). The fourth-order valence-corrected chi connectivity index (χ4v) is 3.90. The van der Waals surface area contributed by atoms with E-state index in [4.69, 9.17) is 9.84 Å². The zero-order valence-electron chi connectivity index (χ0n) is 11.7. The van der Waals surface area contributed by atoms with Crippen molar-refractivity contribution in [3.05, 3.63) is 27.5 Å². The van der Waals surface area contributed by atoms with Gasteiger partial charge in [0.2, 0.25) is 0 Å². The Morgan fingerprint density at radius 2 is 2.05 bits per heavy atom. The van der Waals surface area contributed by atoms with E-state index >= 15 is 0 Å². The number of ether oxygens (including phenoxy) is 1. The largest absolute Gasteiger partial charge is 0.478 e. The highest BCUT2D eigenvalue weighted by Crippen LogP contribution is 2.29. The number of morpholine rings is 1. The number of thiophene rings is 1. The second kappa shape index (κ2) is 5.61. The minimum atomic E-state index is -0.986. The molecule has 1 aromatic rings. The molecule has 1 N–H and O–H groups in total. The first-order valence-corrected chi connectivity index (χ1v) is 7.81. The molecular formula is C15H17NO4S. The van der Waals surface area contributed by atoms with Gasteiger partial charge < -0.3 is 14.7 Å². The molecule has 2 aliphatic heterocycles. The lowest BCUT2D eigenvalue weighted by atomic mass is 10.2. The van der Waals surface area contributed by atoms with E-state index in [-0.39, 0.29) is 18.1 Å². The predicted octanol–water partition coefficient (Wildman–Crippen LogP) is 2.16. The molecule has 2 aliphatic rings. The number of nitrogens with zero attached hydrogens (tertiary/aromatic N) is 1. The predicted molar refractivity (Wildman–Crippen MR) is 79.5 cm³/mol. The summed E-state index contributed by atoms with van der Waals surface area (Å²) in [6, 6.07) is 1.84. The molecule has 0 radical (unpaired) electrons. The number of rotatable bonds is 3. The van der Waals surface area contributed by atoms with Crippen LogP contribution >= 0.6 is 11.3 Å². The fraction of sp³-hybridized carbons (Fsp3) is 0.467. The maximum atomic E-state index is 12.6. The van der Waals surface area contributed by atoms with Crippen LogP contribution in [-0.4, -0.2) is 47.2 Å². The Morgan fingerprint density at radius 1 is 1.38 bits per heavy atom. The second-order valence-electron chi connectivity index (χ2n) is 5.50. The van der Waals surface area contributed by atoms with Gasteiger partial charge in [-0.3, -0.25) is 4.79 Å². The first-order chi connectivity index (χ1) is 10.0. The summed E-state index contributed by atoms with van der Waals surface area (Å²) in [7, 11) is 0. The normalized spacial score (nSPS) is 24.7. The number of aliphatic carboxylic acids is 1. The van der Waals surface area contributed by atoms with Crippen LogP contribution in [0.1, 0.15) is 33.0 Å². The average molecular weight is 307 g/mol. The molecular weight excluding hydrogens is 290 g/mol. The molecule has 3 heterocycles. The lowest BCUT2D eigenvalue weighted by molar-refractivity contribution is -0.131. The number of aryl methyl sites for hydroxylation is 1. The quantitative estimate of drug-likeness (QED) is 0.869. The molecule has 0 aromatic carbocycles. The highest BCUT2D eigenvalue weighted by atomic mass is 32.1. The van der Waals surface area contributed by atoms with Gasteiger partial charge in [-0.15, -0.1) is 11.3 Å². The third kappa shape index (κ3) is 3.01. The fourth-order valence-electron chi connectivity index (χ4n) is 2.85. The van der Waals surface area contributed by atoms with Crippen LogP contribution in [0, 0.1) is 6.92 Å². The van der Waals surface area contributed by atoms with E-state index in [1.165, 1.54) is 11.3 Å². The molecule has 5 nitrogen and oxygen atoms in total. The summed E-state index contributed by atoms with van der Waals surface area (Å²) in [5.74, 6) is -0.960. The Morgan fingerprint density at radius 3 is 2.67 bits per heavy atom. The van der Waals surface area contributed by atoms with Gasteiger partial charge in [0.15, 0.2) is 0 Å². The van der Waals surface area contributed by atoms with Crippen molar-refractivity contribution < 1.29 is 19.4 Å². The number of carboxylic acids is 1. The summed E-state index contributed by atoms with van der Waals surface area (Å²) in [6.45, 7) is 3.21. The summed E-state index contributed by atoms with van der Waals surface area (Å²) in [6.07, 6.45) is 5.07. The van der Waals surface area contributed by atoms with Crippen molar-refractivity contribution in [3.8, 4) is 0 Å². The van der Waals surface area contributed by atoms with Gasteiger partial charge >= 0.3 is 5.97 Å². The molecule has 0 saturated carbocycles. The zero-order chi connectivity index (χ0) is 15.0. The Hall–Kier alpha value is -1.66. The van der Waals surface area contributed by atoms with E-state index in [9.17, 15) is 9.59 Å². The second-order valence-corrected chi connectivity index (χ2v) is 6.58. The number of likely N-dealkylation sites (tertiary alicyclic amines) is 1. The molecule has 21 heavy (non-hydrogen) atoms. The molecule has 112 valence electrons. The number of fused-ring (bicyclic) bond motifs is 2. The van der Waals surface area contributed by atoms with Crippen molar-refractivity contribution in [2.75, 3.05) is 13.1 Å². The van der Waals surface area contributed by atoms with Crippen molar-refractivity contribution in [3.63, 3.8) is 0 Å². The van der Waals surface area contributed by atoms with Crippen molar-refractivity contribution in [2.24, 2.45) is 0 Å². The van der Waals surface area contributed by atoms with E-state index in [1.54, 1.807) is 6.08 Å². The van der Waals surface area contributed by atoms with Crippen molar-refractivity contribution in [2.45, 2.75) is 32.0 Å². The summed E-state index contributed by atoms with van der Waals surface area (Å²) >= 11 is 1.34. The molecule has 2 saturated heterocycles. The Bertz CT molecular complexity index is 595. The van der Waals surface area contributed by atoms with E-state index in [0.717, 1.165) is 29.4 Å². The number of carbonyl (C=O) groups excluding carboxylic acids is 1. The van der Waals surface area contributed by atoms with Crippen LogP contribution in [0.15, 0.2) is 12.1 Å². The van der Waals surface area contributed by atoms with Crippen LogP contribution in [0.2, 0.25) is 0 Å². The monoisotopic (exact) mass is 307 g/mol. The standard InChI is InChI=1S/C15H17NO4S/c1-9-6-13(21-12(9)4-5-14(17)18)15(19)16-7-10-2-3-11(8-16)20-10/h4-6,10-11H,2-3,7-8H2,1H3,(H,17,18)/b5-4+. The van der Waals surface area contributed by atoms with Crippen LogP contribution < -0.4 is 0 Å². The summed E-state index contributed by atoms with van der Waals surface area (Å²) in [4.78, 5) is 26.5. The third-order valence-electron chi connectivity index (χ3n) is 3.88. The van der Waals surface area contributed by atoms with E-state index < -0.39 is 5.97 Å². The van der Waals surface area contributed by atoms with Crippen LogP contribution in [0.4, 0.5) is 0 Å². The van der Waals surface area contributed by atoms with Gasteiger partial charge in [-0.05, 0) is 37.5 Å². The average Bonchev–Trinajstić information content (AvgIpc) is 2.98. The minimum Gasteiger partial charge on any atom is -0.478 e. The number of carbonyl (C=O) groups is 2. The van der Waals surface area contributed by atoms with Gasteiger partial charge in [-0.25, -0.2) is 4.79 Å². The molecule has 6 heteroatoms. The molecule has 0 spiro atoms. The van der Waals surface area contributed by atoms with Crippen LogP contribution in [0.3, 0.4) is 0 Å². The molecule has 0 aliphatic carbocycles. The molecule has 2 unspecified atom stereocenters. The first kappa shape index (κ1) is 14.3. The SMILES string of the molecule is Cc1cc(C(=O)N2CC3CCC(C2)O3)sc1/C=C/C(=O)O. The van der Waals surface area contributed by atoms with E-state index in [1.807, 2.05) is 17.9 Å². The number of hydrogen-bond donors (Lipinski definition) is 1. The van der Waals surface area contributed by atoms with Crippen LogP contribution in [0.5, 0.6) is 0 Å². The van der Waals surface area contributed by atoms with Crippen molar-refractivity contribution >= 4 is 29.3 Å². The smallest absolute Gasteiger partial charge is 0.328 e. The van der Waals surface area contributed by atoms with Crippen LogP contribution in [0.25, 0.3) is 6.08 Å². The Kier molecular flexibility index (Phi) is 3.82. The Balaban J connectivity index is 1.76. The zero-order valence-corrected chi connectivity index (χ0v) is 12.6. The molecule has 2 atom stereocenters. The van der Waals surface area contributed by atoms with Crippen molar-refractivity contribution in [1.82, 2.24) is 4.90 Å². The van der Waals surface area contributed by atoms with Crippen LogP contribution in [-0.2, 0) is 9.53 Å². The lowest BCUT2D eigenvalue weighted by Gasteiger charge is -2.31. The van der Waals surface area contributed by atoms with Gasteiger partial charge in [0, 0.05) is 24.0 Å². The Labute approximate surface area is 126 Å². The molecule has 2 bridgehead atoms. The molecule has 2 fully saturated rings. The van der Waals surface area contributed by atoms with E-state index in [0.29, 0.717) is 18.0 Å². The maximum absolute atomic E-state index is 12.6. The topological polar surface area (TPSA) is 66.8 Å². The van der Waals surface area contributed by atoms with Gasteiger partial charge in [0.05, 0.1) is 17.1 Å². The van der Waals surface area contributed by atoms with Gasteiger partial charge in [-0.2, -0.15) is 0 Å². The van der Waals surface area contributed by atoms with Crippen molar-refractivity contribution in [1.29, 1.82) is 0 Å². The molecule has 1 amide bonds. The summed E-state index contributed by atoms with van der Waals surface area (Å²) in [5.41, 5.74) is 0.928. The highest BCUT2D eigenvalue weighted by molar-refractivity contribution is 7.15. The van der Waals surface area contributed by atoms with E-state index in [2.05, 4.69) is 0 Å². The number of amides is 1. The molecule has 1 aromatic heterocycles. The summed E-state index contributed by atoms with van der Waals surface area (Å²) < 4.78 is 5.74. The maximum Gasteiger partial charge on any atom is 0.328 e. The minimum absolute atomic E-state index is 0.0262. The first-order valence-electron chi connectivity index (χ1n) is 6.99. The van der Waals surface area contributed by atoms with Gasteiger partial charge in [0.25, 0.3) is 5.91 Å². The summed E-state index contributed by atoms with van der Waals surface area (Å²) in [5, 5.41) is 8.68.